The molecular formula is C15H20N2O4. The molecular weight excluding hydrogens is 272 g/mol. The monoisotopic (exact) mass is 292 g/mol. The van der Waals surface area contributed by atoms with Crippen LogP contribution in [0, 0.1) is 0 Å². The first kappa shape index (κ1) is 16.7. The number of hydrogen-bond acceptors (Lipinski definition) is 4. The third-order valence-corrected chi connectivity index (χ3v) is 2.89. The fourth-order valence-corrected chi connectivity index (χ4v) is 1.84. The molecule has 1 aromatic rings. The van der Waals surface area contributed by atoms with Crippen LogP contribution in [0.1, 0.15) is 25.3 Å². The van der Waals surface area contributed by atoms with E-state index in [1.807, 2.05) is 30.3 Å². The van der Waals surface area contributed by atoms with Crippen LogP contribution in [0.15, 0.2) is 30.3 Å². The summed E-state index contributed by atoms with van der Waals surface area (Å²) in [4.78, 5) is 33.4. The van der Waals surface area contributed by atoms with Gasteiger partial charge in [0.05, 0.1) is 0 Å². The van der Waals surface area contributed by atoms with Crippen LogP contribution in [-0.2, 0) is 25.5 Å². The summed E-state index contributed by atoms with van der Waals surface area (Å²) in [5, 5.41) is 2.47. The predicted octanol–water partition coefficient (Wildman–Crippen LogP) is 0.542. The Morgan fingerprint density at radius 2 is 1.90 bits per heavy atom. The Kier molecular flexibility index (Phi) is 6.94. The number of carbonyl (C=O) groups is 3. The molecule has 0 aliphatic carbocycles. The van der Waals surface area contributed by atoms with Gasteiger partial charge in [0.25, 0.3) is 5.91 Å². The molecule has 0 spiro atoms. The van der Waals surface area contributed by atoms with Crippen LogP contribution in [0.3, 0.4) is 0 Å². The van der Waals surface area contributed by atoms with E-state index in [1.165, 1.54) is 6.92 Å². The molecule has 0 aliphatic rings. The first-order valence-electron chi connectivity index (χ1n) is 6.75. The highest BCUT2D eigenvalue weighted by molar-refractivity contribution is 5.87. The Morgan fingerprint density at radius 3 is 2.48 bits per heavy atom. The molecule has 0 saturated carbocycles. The number of hydrogen-bond donors (Lipinski definition) is 2. The van der Waals surface area contributed by atoms with Gasteiger partial charge in [-0.15, -0.1) is 0 Å². The molecule has 0 unspecified atom stereocenters. The van der Waals surface area contributed by atoms with E-state index in [9.17, 15) is 14.4 Å². The zero-order valence-electron chi connectivity index (χ0n) is 12.0. The van der Waals surface area contributed by atoms with Crippen LogP contribution in [0.4, 0.5) is 0 Å². The summed E-state index contributed by atoms with van der Waals surface area (Å²) in [7, 11) is 0. The zero-order chi connectivity index (χ0) is 15.7. The quantitative estimate of drug-likeness (QED) is 0.683. The summed E-state index contributed by atoms with van der Waals surface area (Å²) in [5.74, 6) is -1.68. The number of aryl methyl sites for hydroxylation is 1. The van der Waals surface area contributed by atoms with Gasteiger partial charge in [0, 0.05) is 6.92 Å². The number of esters is 1. The summed E-state index contributed by atoms with van der Waals surface area (Å²) in [6.07, 6.45) is 1.95. The maximum atomic E-state index is 11.5. The molecule has 0 radical (unpaired) electrons. The molecule has 0 aliphatic heterocycles. The van der Waals surface area contributed by atoms with Crippen molar-refractivity contribution in [3.05, 3.63) is 35.9 Å². The lowest BCUT2D eigenvalue weighted by molar-refractivity contribution is -0.146. The fraction of sp³-hybridized carbons (Fsp3) is 0.400. The van der Waals surface area contributed by atoms with Gasteiger partial charge in [0.2, 0.25) is 5.91 Å². The van der Waals surface area contributed by atoms with E-state index in [0.717, 1.165) is 12.0 Å². The van der Waals surface area contributed by atoms with Crippen molar-refractivity contribution < 1.29 is 19.1 Å². The van der Waals surface area contributed by atoms with Crippen molar-refractivity contribution in [1.82, 2.24) is 5.32 Å². The summed E-state index contributed by atoms with van der Waals surface area (Å²) < 4.78 is 4.55. The molecule has 6 heteroatoms. The molecule has 0 aromatic heterocycles. The van der Waals surface area contributed by atoms with Gasteiger partial charge in [-0.1, -0.05) is 30.3 Å². The smallest absolute Gasteiger partial charge is 0.303 e. The number of ether oxygens (including phenoxy) is 1. The standard InChI is InChI=1S/C15H20N2O4/c1-11(18)21-10-14(19)17-13(15(16)20)9-5-8-12-6-3-2-4-7-12/h2-4,6-7,13H,5,8-10H2,1H3,(H2,16,20)(H,17,19)/t13-/m1/s1. The lowest BCUT2D eigenvalue weighted by Crippen LogP contribution is -2.45. The van der Waals surface area contributed by atoms with Crippen molar-refractivity contribution in [2.45, 2.75) is 32.2 Å². The van der Waals surface area contributed by atoms with Crippen molar-refractivity contribution in [3.63, 3.8) is 0 Å². The third-order valence-electron chi connectivity index (χ3n) is 2.89. The Morgan fingerprint density at radius 1 is 1.24 bits per heavy atom. The molecule has 2 amide bonds. The topological polar surface area (TPSA) is 98.5 Å². The SMILES string of the molecule is CC(=O)OCC(=O)N[C@H](CCCc1ccccc1)C(N)=O. The van der Waals surface area contributed by atoms with E-state index in [2.05, 4.69) is 10.1 Å². The van der Waals surface area contributed by atoms with Crippen molar-refractivity contribution in [3.8, 4) is 0 Å². The van der Waals surface area contributed by atoms with Gasteiger partial charge < -0.3 is 15.8 Å². The van der Waals surface area contributed by atoms with E-state index >= 15 is 0 Å². The molecule has 114 valence electrons. The van der Waals surface area contributed by atoms with Crippen molar-refractivity contribution in [1.29, 1.82) is 0 Å². The number of benzene rings is 1. The van der Waals surface area contributed by atoms with Gasteiger partial charge in [0.15, 0.2) is 6.61 Å². The molecule has 1 atom stereocenters. The molecule has 0 bridgehead atoms. The van der Waals surface area contributed by atoms with Gasteiger partial charge in [-0.25, -0.2) is 0 Å². The maximum absolute atomic E-state index is 11.5. The predicted molar refractivity (Wildman–Crippen MR) is 77.1 cm³/mol. The van der Waals surface area contributed by atoms with Gasteiger partial charge in [-0.3, -0.25) is 14.4 Å². The number of rotatable bonds is 8. The van der Waals surface area contributed by atoms with E-state index in [4.69, 9.17) is 5.73 Å². The average Bonchev–Trinajstić information content (AvgIpc) is 2.45. The summed E-state index contributed by atoms with van der Waals surface area (Å²) in [6.45, 7) is 0.802. The Labute approximate surface area is 123 Å². The second kappa shape index (κ2) is 8.73. The Balaban J connectivity index is 2.38. The number of amides is 2. The average molecular weight is 292 g/mol. The number of primary amides is 1. The molecule has 0 saturated heterocycles. The highest BCUT2D eigenvalue weighted by Crippen LogP contribution is 2.06. The Hall–Kier alpha value is -2.37. The lowest BCUT2D eigenvalue weighted by atomic mass is 10.0. The first-order valence-corrected chi connectivity index (χ1v) is 6.75. The highest BCUT2D eigenvalue weighted by atomic mass is 16.5. The molecule has 0 heterocycles. The van der Waals surface area contributed by atoms with Crippen LogP contribution < -0.4 is 11.1 Å². The van der Waals surface area contributed by atoms with E-state index in [1.54, 1.807) is 0 Å². The fourth-order valence-electron chi connectivity index (χ4n) is 1.84. The summed E-state index contributed by atoms with van der Waals surface area (Å²) in [6, 6.07) is 9.07. The third kappa shape index (κ3) is 7.10. The Bertz CT molecular complexity index is 488. The minimum Gasteiger partial charge on any atom is -0.456 e. The highest BCUT2D eigenvalue weighted by Gasteiger charge is 2.18. The maximum Gasteiger partial charge on any atom is 0.303 e. The zero-order valence-corrected chi connectivity index (χ0v) is 12.0. The number of carbonyl (C=O) groups excluding carboxylic acids is 3. The van der Waals surface area contributed by atoms with E-state index in [-0.39, 0.29) is 0 Å². The van der Waals surface area contributed by atoms with E-state index < -0.39 is 30.4 Å². The van der Waals surface area contributed by atoms with Crippen LogP contribution >= 0.6 is 0 Å². The molecule has 0 fully saturated rings. The summed E-state index contributed by atoms with van der Waals surface area (Å²) in [5.41, 5.74) is 6.42. The van der Waals surface area contributed by atoms with Crippen LogP contribution in [0.25, 0.3) is 0 Å². The van der Waals surface area contributed by atoms with E-state index in [0.29, 0.717) is 12.8 Å². The second-order valence-electron chi connectivity index (χ2n) is 4.68. The van der Waals surface area contributed by atoms with Gasteiger partial charge in [-0.05, 0) is 24.8 Å². The molecule has 1 aromatic carbocycles. The van der Waals surface area contributed by atoms with Crippen LogP contribution in [-0.4, -0.2) is 30.4 Å². The largest absolute Gasteiger partial charge is 0.456 e. The van der Waals surface area contributed by atoms with Crippen molar-refractivity contribution in [2.24, 2.45) is 5.73 Å². The number of nitrogens with one attached hydrogen (secondary N) is 1. The molecule has 21 heavy (non-hydrogen) atoms. The van der Waals surface area contributed by atoms with Gasteiger partial charge >= 0.3 is 5.97 Å². The van der Waals surface area contributed by atoms with Gasteiger partial charge in [-0.2, -0.15) is 0 Å². The lowest BCUT2D eigenvalue weighted by Gasteiger charge is -2.15. The summed E-state index contributed by atoms with van der Waals surface area (Å²) >= 11 is 0. The molecule has 1 rings (SSSR count). The normalized spacial score (nSPS) is 11.5. The minimum absolute atomic E-state index is 0.405. The number of nitrogens with two attached hydrogens (primary N) is 1. The van der Waals surface area contributed by atoms with Crippen LogP contribution in [0.5, 0.6) is 0 Å². The van der Waals surface area contributed by atoms with Gasteiger partial charge in [0.1, 0.15) is 6.04 Å². The van der Waals surface area contributed by atoms with Crippen LogP contribution in [0.2, 0.25) is 0 Å². The minimum atomic E-state index is -0.753. The van der Waals surface area contributed by atoms with Crippen molar-refractivity contribution >= 4 is 17.8 Å². The van der Waals surface area contributed by atoms with Crippen molar-refractivity contribution in [2.75, 3.05) is 6.61 Å². The molecule has 6 nitrogen and oxygen atoms in total. The first-order chi connectivity index (χ1) is 9.99. The second-order valence-corrected chi connectivity index (χ2v) is 4.68. The molecule has 3 N–H and O–H groups in total.